The molecule has 1 aromatic heterocycles. The van der Waals surface area contributed by atoms with Gasteiger partial charge in [-0.05, 0) is 60.5 Å². The number of hydrogen-bond donors (Lipinski definition) is 0. The average molecular weight is 548 g/mol. The van der Waals surface area contributed by atoms with Gasteiger partial charge in [-0.15, -0.1) is 0 Å². The van der Waals surface area contributed by atoms with Crippen molar-refractivity contribution in [2.24, 2.45) is 0 Å². The van der Waals surface area contributed by atoms with E-state index < -0.39 is 0 Å². The molecule has 0 bridgehead atoms. The van der Waals surface area contributed by atoms with E-state index >= 15 is 0 Å². The number of fused-ring (bicyclic) bond motifs is 1. The second-order valence-electron chi connectivity index (χ2n) is 10.1. The van der Waals surface area contributed by atoms with Crippen LogP contribution in [-0.2, 0) is 11.3 Å². The molecule has 1 saturated heterocycles. The van der Waals surface area contributed by atoms with E-state index in [4.69, 9.17) is 9.15 Å². The fraction of sp³-hybridized carbons (Fsp3) is 0.182. The number of piperazine rings is 1. The van der Waals surface area contributed by atoms with Gasteiger partial charge in [-0.25, -0.2) is 0 Å². The summed E-state index contributed by atoms with van der Waals surface area (Å²) in [6.45, 7) is 4.21. The lowest BCUT2D eigenvalue weighted by Crippen LogP contribution is -2.50. The van der Waals surface area contributed by atoms with Crippen LogP contribution in [0.5, 0.6) is 5.75 Å². The third-order valence-corrected chi connectivity index (χ3v) is 7.30. The Hall–Kier alpha value is -5.11. The van der Waals surface area contributed by atoms with Crippen LogP contribution < -0.4 is 9.64 Å². The Bertz CT molecular complexity index is 1620. The van der Waals surface area contributed by atoms with Gasteiger partial charge in [0.05, 0.1) is 18.5 Å². The number of rotatable bonds is 5. The molecule has 0 unspecified atom stereocenters. The second kappa shape index (κ2) is 11.2. The van der Waals surface area contributed by atoms with E-state index in [1.165, 1.54) is 6.26 Å². The number of anilines is 1. The first-order valence-electron chi connectivity index (χ1n) is 13.5. The van der Waals surface area contributed by atoms with Gasteiger partial charge in [-0.2, -0.15) is 0 Å². The Balaban J connectivity index is 1.15. The molecular weight excluding hydrogens is 518 g/mol. The maximum absolute atomic E-state index is 13.6. The molecule has 0 radical (unpaired) electrons. The zero-order valence-electron chi connectivity index (χ0n) is 22.7. The minimum absolute atomic E-state index is 0.0995. The molecule has 2 aliphatic rings. The van der Waals surface area contributed by atoms with Crippen LogP contribution in [0, 0.1) is 6.92 Å². The number of aryl methyl sites for hydroxylation is 1. The third-order valence-electron chi connectivity index (χ3n) is 7.30. The SMILES string of the molecule is Cc1cccc(CN2C(=O)C(=Cc3ccc(C(=O)N4CCN(C(=O)c5ccco5)CC4)cc3)Oc3ccccc32)c1. The number of amides is 3. The summed E-state index contributed by atoms with van der Waals surface area (Å²) < 4.78 is 11.2. The largest absolute Gasteiger partial charge is 0.459 e. The van der Waals surface area contributed by atoms with Crippen LogP contribution in [0.3, 0.4) is 0 Å². The summed E-state index contributed by atoms with van der Waals surface area (Å²) in [6, 6.07) is 26.0. The van der Waals surface area contributed by atoms with Crippen LogP contribution in [0.2, 0.25) is 0 Å². The molecular formula is C33H29N3O5. The monoisotopic (exact) mass is 547 g/mol. The first-order valence-corrected chi connectivity index (χ1v) is 13.5. The third kappa shape index (κ3) is 5.49. The number of carbonyl (C=O) groups excluding carboxylic acids is 3. The van der Waals surface area contributed by atoms with Crippen molar-refractivity contribution in [3.05, 3.63) is 125 Å². The molecule has 3 heterocycles. The summed E-state index contributed by atoms with van der Waals surface area (Å²) in [5.41, 5.74) is 4.17. The van der Waals surface area contributed by atoms with Gasteiger partial charge in [0.2, 0.25) is 0 Å². The summed E-state index contributed by atoms with van der Waals surface area (Å²) in [4.78, 5) is 44.4. The molecule has 0 atom stereocenters. The normalized spacial score (nSPS) is 16.0. The summed E-state index contributed by atoms with van der Waals surface area (Å²) in [6.07, 6.45) is 3.18. The van der Waals surface area contributed by atoms with Gasteiger partial charge >= 0.3 is 0 Å². The molecule has 8 nitrogen and oxygen atoms in total. The zero-order chi connectivity index (χ0) is 28.3. The lowest BCUT2D eigenvalue weighted by molar-refractivity contribution is -0.117. The van der Waals surface area contributed by atoms with Crippen LogP contribution in [0.15, 0.2) is 101 Å². The van der Waals surface area contributed by atoms with Crippen LogP contribution in [0.4, 0.5) is 5.69 Å². The van der Waals surface area contributed by atoms with Crippen molar-refractivity contribution in [2.45, 2.75) is 13.5 Å². The molecule has 8 heteroatoms. The highest BCUT2D eigenvalue weighted by molar-refractivity contribution is 6.09. The lowest BCUT2D eigenvalue weighted by Gasteiger charge is -2.34. The van der Waals surface area contributed by atoms with Crippen molar-refractivity contribution in [3.63, 3.8) is 0 Å². The maximum atomic E-state index is 13.6. The molecule has 206 valence electrons. The Kier molecular flexibility index (Phi) is 7.12. The van der Waals surface area contributed by atoms with Gasteiger partial charge in [-0.3, -0.25) is 19.3 Å². The predicted molar refractivity (Wildman–Crippen MR) is 154 cm³/mol. The number of hydrogen-bond acceptors (Lipinski definition) is 5. The highest BCUT2D eigenvalue weighted by atomic mass is 16.5. The smallest absolute Gasteiger partial charge is 0.294 e. The van der Waals surface area contributed by atoms with Crippen LogP contribution in [-0.4, -0.2) is 53.7 Å². The molecule has 0 spiro atoms. The number of carbonyl (C=O) groups is 3. The number of benzene rings is 3. The Morgan fingerprint density at radius 2 is 1.56 bits per heavy atom. The summed E-state index contributed by atoms with van der Waals surface area (Å²) >= 11 is 0. The van der Waals surface area contributed by atoms with Gasteiger partial charge in [-0.1, -0.05) is 54.1 Å². The van der Waals surface area contributed by atoms with Crippen LogP contribution >= 0.6 is 0 Å². The Labute approximate surface area is 238 Å². The molecule has 1 fully saturated rings. The van der Waals surface area contributed by atoms with Gasteiger partial charge in [0.15, 0.2) is 17.3 Å². The predicted octanol–water partition coefficient (Wildman–Crippen LogP) is 5.15. The van der Waals surface area contributed by atoms with Crippen molar-refractivity contribution < 1.29 is 23.5 Å². The van der Waals surface area contributed by atoms with Crippen molar-refractivity contribution >= 4 is 29.5 Å². The van der Waals surface area contributed by atoms with E-state index in [0.717, 1.165) is 22.4 Å². The quantitative estimate of drug-likeness (QED) is 0.323. The lowest BCUT2D eigenvalue weighted by atomic mass is 10.1. The Morgan fingerprint density at radius 3 is 2.27 bits per heavy atom. The Morgan fingerprint density at radius 1 is 0.829 bits per heavy atom. The second-order valence-corrected chi connectivity index (χ2v) is 10.1. The molecule has 41 heavy (non-hydrogen) atoms. The number of para-hydroxylation sites is 2. The molecule has 2 aliphatic heterocycles. The van der Waals surface area contributed by atoms with Crippen molar-refractivity contribution in [3.8, 4) is 5.75 Å². The van der Waals surface area contributed by atoms with Gasteiger partial charge in [0, 0.05) is 31.7 Å². The standard InChI is InChI=1S/C33H29N3O5/c1-23-6-4-7-25(20-23)22-36-27-8-2-3-9-28(27)41-30(33(36)39)21-24-11-13-26(14-12-24)31(37)34-15-17-35(18-16-34)32(38)29-10-5-19-40-29/h2-14,19-21H,15-18,22H2,1H3. The van der Waals surface area contributed by atoms with Crippen LogP contribution in [0.25, 0.3) is 6.08 Å². The highest BCUT2D eigenvalue weighted by Gasteiger charge is 2.30. The van der Waals surface area contributed by atoms with E-state index in [2.05, 4.69) is 6.07 Å². The first kappa shape index (κ1) is 26.1. The van der Waals surface area contributed by atoms with Gasteiger partial charge in [0.1, 0.15) is 0 Å². The number of nitrogens with zero attached hydrogens (tertiary/aromatic N) is 3. The van der Waals surface area contributed by atoms with Crippen LogP contribution in [0.1, 0.15) is 37.6 Å². The zero-order valence-corrected chi connectivity index (χ0v) is 22.7. The van der Waals surface area contributed by atoms with E-state index in [0.29, 0.717) is 49.8 Å². The molecule has 0 N–H and O–H groups in total. The minimum Gasteiger partial charge on any atom is -0.459 e. The van der Waals surface area contributed by atoms with E-state index in [1.807, 2.05) is 49.4 Å². The van der Waals surface area contributed by atoms with Gasteiger partial charge < -0.3 is 19.0 Å². The maximum Gasteiger partial charge on any atom is 0.294 e. The number of ether oxygens (including phenoxy) is 1. The highest BCUT2D eigenvalue weighted by Crippen LogP contribution is 2.36. The molecule has 3 aromatic carbocycles. The fourth-order valence-electron chi connectivity index (χ4n) is 5.14. The minimum atomic E-state index is -0.229. The van der Waals surface area contributed by atoms with E-state index in [1.54, 1.807) is 57.2 Å². The molecule has 6 rings (SSSR count). The van der Waals surface area contributed by atoms with Gasteiger partial charge in [0.25, 0.3) is 17.7 Å². The van der Waals surface area contributed by atoms with E-state index in [-0.39, 0.29) is 23.5 Å². The van der Waals surface area contributed by atoms with Crippen molar-refractivity contribution in [1.29, 1.82) is 0 Å². The van der Waals surface area contributed by atoms with E-state index in [9.17, 15) is 14.4 Å². The summed E-state index contributed by atoms with van der Waals surface area (Å²) in [5, 5.41) is 0. The van der Waals surface area contributed by atoms with Crippen molar-refractivity contribution in [2.75, 3.05) is 31.1 Å². The van der Waals surface area contributed by atoms with Crippen molar-refractivity contribution in [1.82, 2.24) is 9.80 Å². The average Bonchev–Trinajstić information content (AvgIpc) is 3.54. The molecule has 4 aromatic rings. The fourth-order valence-corrected chi connectivity index (χ4v) is 5.14. The summed E-state index contributed by atoms with van der Waals surface area (Å²) in [7, 11) is 0. The molecule has 0 saturated carbocycles. The molecule has 0 aliphatic carbocycles. The first-order chi connectivity index (χ1) is 20.0. The number of furan rings is 1. The topological polar surface area (TPSA) is 83.3 Å². The molecule has 3 amide bonds. The summed E-state index contributed by atoms with van der Waals surface area (Å²) in [5.74, 6) is 0.635.